The van der Waals surface area contributed by atoms with Crippen LogP contribution in [0.4, 0.5) is 0 Å². The van der Waals surface area contributed by atoms with Crippen molar-refractivity contribution in [2.75, 3.05) is 0 Å². The lowest BCUT2D eigenvalue weighted by molar-refractivity contribution is 0.0699. The van der Waals surface area contributed by atoms with Gasteiger partial charge in [-0.05, 0) is 23.9 Å². The fraction of sp³-hybridized carbons (Fsp3) is 0.214. The number of hydrogen-bond donors (Lipinski definition) is 1. The van der Waals surface area contributed by atoms with Crippen LogP contribution in [0.5, 0.6) is 0 Å². The smallest absolute Gasteiger partial charge is 0.336 e. The normalized spacial score (nSPS) is 11.1. The number of fused-ring (bicyclic) bond motifs is 1. The molecule has 0 radical (unpaired) electrons. The summed E-state index contributed by atoms with van der Waals surface area (Å²) >= 11 is 1.54. The molecule has 3 aromatic heterocycles. The van der Waals surface area contributed by atoms with Gasteiger partial charge in [0.2, 0.25) is 0 Å². The molecule has 102 valence electrons. The van der Waals surface area contributed by atoms with Gasteiger partial charge in [0.05, 0.1) is 27.7 Å². The fourth-order valence-electron chi connectivity index (χ4n) is 2.15. The van der Waals surface area contributed by atoms with Crippen LogP contribution in [0, 0.1) is 0 Å². The first-order valence-corrected chi connectivity index (χ1v) is 7.22. The molecule has 20 heavy (non-hydrogen) atoms. The van der Waals surface area contributed by atoms with Gasteiger partial charge in [0.15, 0.2) is 5.65 Å². The third-order valence-corrected chi connectivity index (χ3v) is 3.94. The van der Waals surface area contributed by atoms with E-state index in [9.17, 15) is 9.90 Å². The van der Waals surface area contributed by atoms with Crippen molar-refractivity contribution in [3.8, 4) is 10.6 Å². The van der Waals surface area contributed by atoms with E-state index in [1.807, 2.05) is 17.5 Å². The van der Waals surface area contributed by atoms with Crippen molar-refractivity contribution in [3.63, 3.8) is 0 Å². The summed E-state index contributed by atoms with van der Waals surface area (Å²) in [6.07, 6.45) is 2.50. The number of thiophene rings is 1. The van der Waals surface area contributed by atoms with E-state index in [-0.39, 0.29) is 5.56 Å². The maximum atomic E-state index is 11.4. The highest BCUT2D eigenvalue weighted by Gasteiger charge is 2.16. The molecule has 0 atom stereocenters. The maximum Gasteiger partial charge on any atom is 0.336 e. The van der Waals surface area contributed by atoms with Crippen molar-refractivity contribution in [1.29, 1.82) is 0 Å². The minimum Gasteiger partial charge on any atom is -0.478 e. The summed E-state index contributed by atoms with van der Waals surface area (Å²) in [4.78, 5) is 17.0. The Bertz CT molecular complexity index is 762. The topological polar surface area (TPSA) is 68.0 Å². The van der Waals surface area contributed by atoms with Crippen LogP contribution in [0.25, 0.3) is 21.6 Å². The van der Waals surface area contributed by atoms with Crippen molar-refractivity contribution in [2.45, 2.75) is 19.9 Å². The molecular weight excluding hydrogens is 274 g/mol. The molecule has 0 saturated carbocycles. The first-order valence-electron chi connectivity index (χ1n) is 6.34. The van der Waals surface area contributed by atoms with Crippen LogP contribution in [0.3, 0.4) is 0 Å². The molecule has 0 bridgehead atoms. The Balaban J connectivity index is 2.27. The zero-order valence-corrected chi connectivity index (χ0v) is 11.7. The summed E-state index contributed by atoms with van der Waals surface area (Å²) < 4.78 is 1.76. The molecule has 6 heteroatoms. The zero-order valence-electron chi connectivity index (χ0n) is 10.9. The molecule has 0 unspecified atom stereocenters. The van der Waals surface area contributed by atoms with Crippen LogP contribution in [-0.4, -0.2) is 25.8 Å². The summed E-state index contributed by atoms with van der Waals surface area (Å²) in [5.41, 5.74) is 1.57. The summed E-state index contributed by atoms with van der Waals surface area (Å²) in [5, 5.41) is 16.2. The second-order valence-corrected chi connectivity index (χ2v) is 5.39. The van der Waals surface area contributed by atoms with E-state index in [1.165, 1.54) is 0 Å². The Morgan fingerprint density at radius 1 is 1.50 bits per heavy atom. The maximum absolute atomic E-state index is 11.4. The zero-order chi connectivity index (χ0) is 14.1. The van der Waals surface area contributed by atoms with E-state index in [0.717, 1.165) is 17.8 Å². The van der Waals surface area contributed by atoms with Crippen molar-refractivity contribution in [2.24, 2.45) is 0 Å². The predicted molar refractivity (Wildman–Crippen MR) is 78.1 cm³/mol. The van der Waals surface area contributed by atoms with Gasteiger partial charge < -0.3 is 5.11 Å². The Morgan fingerprint density at radius 2 is 2.35 bits per heavy atom. The minimum absolute atomic E-state index is 0.251. The molecule has 3 heterocycles. The predicted octanol–water partition coefficient (Wildman–Crippen LogP) is 3.27. The molecule has 0 aliphatic carbocycles. The Kier molecular flexibility index (Phi) is 3.23. The van der Waals surface area contributed by atoms with Gasteiger partial charge >= 0.3 is 5.97 Å². The number of pyridine rings is 1. The first kappa shape index (κ1) is 12.8. The number of aromatic nitrogens is 3. The molecule has 0 aliphatic heterocycles. The Hall–Kier alpha value is -2.21. The molecule has 0 amide bonds. The lowest BCUT2D eigenvalue weighted by Gasteiger charge is -2.04. The van der Waals surface area contributed by atoms with Gasteiger partial charge in [-0.2, -0.15) is 5.10 Å². The molecule has 0 saturated heterocycles. The molecule has 0 fully saturated rings. The number of nitrogens with zero attached hydrogens (tertiary/aromatic N) is 3. The monoisotopic (exact) mass is 287 g/mol. The summed E-state index contributed by atoms with van der Waals surface area (Å²) in [5.74, 6) is -0.953. The van der Waals surface area contributed by atoms with Gasteiger partial charge in [-0.1, -0.05) is 13.0 Å². The summed E-state index contributed by atoms with van der Waals surface area (Å²) in [7, 11) is 0. The highest BCUT2D eigenvalue weighted by atomic mass is 32.1. The van der Waals surface area contributed by atoms with Crippen molar-refractivity contribution in [3.05, 3.63) is 35.3 Å². The van der Waals surface area contributed by atoms with Crippen LogP contribution >= 0.6 is 11.3 Å². The molecule has 0 aliphatic rings. The van der Waals surface area contributed by atoms with Gasteiger partial charge in [-0.15, -0.1) is 11.3 Å². The third-order valence-electron chi connectivity index (χ3n) is 3.05. The van der Waals surface area contributed by atoms with Crippen LogP contribution < -0.4 is 0 Å². The van der Waals surface area contributed by atoms with Crippen molar-refractivity contribution < 1.29 is 9.90 Å². The highest BCUT2D eigenvalue weighted by Crippen LogP contribution is 2.27. The molecular formula is C14H13N3O2S. The van der Waals surface area contributed by atoms with E-state index in [1.54, 1.807) is 28.3 Å². The number of hydrogen-bond acceptors (Lipinski definition) is 4. The molecule has 1 N–H and O–H groups in total. The average Bonchev–Trinajstić information content (AvgIpc) is 3.07. The van der Waals surface area contributed by atoms with Gasteiger partial charge in [0, 0.05) is 6.54 Å². The average molecular weight is 287 g/mol. The van der Waals surface area contributed by atoms with E-state index < -0.39 is 5.97 Å². The lowest BCUT2D eigenvalue weighted by Crippen LogP contribution is -2.03. The van der Waals surface area contributed by atoms with Gasteiger partial charge in [0.25, 0.3) is 0 Å². The second-order valence-electron chi connectivity index (χ2n) is 4.44. The standard InChI is InChI=1S/C14H13N3O2S/c1-2-5-17-13-10(8-15-17)9(14(18)19)7-11(16-13)12-4-3-6-20-12/h3-4,6-8H,2,5H2,1H3,(H,18,19). The van der Waals surface area contributed by atoms with Gasteiger partial charge in [-0.3, -0.25) is 0 Å². The molecule has 0 spiro atoms. The highest BCUT2D eigenvalue weighted by molar-refractivity contribution is 7.13. The minimum atomic E-state index is -0.953. The molecule has 5 nitrogen and oxygen atoms in total. The van der Waals surface area contributed by atoms with Crippen LogP contribution in [0.2, 0.25) is 0 Å². The largest absolute Gasteiger partial charge is 0.478 e. The fourth-order valence-corrected chi connectivity index (χ4v) is 2.84. The van der Waals surface area contributed by atoms with Crippen LogP contribution in [0.1, 0.15) is 23.7 Å². The molecule has 0 aromatic carbocycles. The molecule has 3 aromatic rings. The van der Waals surface area contributed by atoms with E-state index in [4.69, 9.17) is 0 Å². The van der Waals surface area contributed by atoms with Gasteiger partial charge in [-0.25, -0.2) is 14.5 Å². The third kappa shape index (κ3) is 2.08. The van der Waals surface area contributed by atoms with Crippen molar-refractivity contribution >= 4 is 28.3 Å². The van der Waals surface area contributed by atoms with Crippen LogP contribution in [0.15, 0.2) is 29.8 Å². The van der Waals surface area contributed by atoms with Gasteiger partial charge in [0.1, 0.15) is 0 Å². The number of rotatable bonds is 4. The Labute approximate surface area is 119 Å². The van der Waals surface area contributed by atoms with E-state index in [0.29, 0.717) is 16.7 Å². The van der Waals surface area contributed by atoms with E-state index >= 15 is 0 Å². The summed E-state index contributed by atoms with van der Waals surface area (Å²) in [6.45, 7) is 2.78. The lowest BCUT2D eigenvalue weighted by atomic mass is 10.1. The second kappa shape index (κ2) is 5.05. The van der Waals surface area contributed by atoms with E-state index in [2.05, 4.69) is 17.0 Å². The quantitative estimate of drug-likeness (QED) is 0.799. The number of aromatic carboxylic acids is 1. The number of aryl methyl sites for hydroxylation is 1. The van der Waals surface area contributed by atoms with Crippen LogP contribution in [-0.2, 0) is 6.54 Å². The number of carbonyl (C=O) groups is 1. The number of carboxylic acid groups (broad SMARTS) is 1. The Morgan fingerprint density at radius 3 is 3.00 bits per heavy atom. The summed E-state index contributed by atoms with van der Waals surface area (Å²) in [6, 6.07) is 5.48. The number of carboxylic acids is 1. The first-order chi connectivity index (χ1) is 9.70. The van der Waals surface area contributed by atoms with Crippen molar-refractivity contribution in [1.82, 2.24) is 14.8 Å². The SMILES string of the molecule is CCCn1ncc2c(C(=O)O)cc(-c3cccs3)nc21. The molecule has 3 rings (SSSR count).